The van der Waals surface area contributed by atoms with Crippen LogP contribution in [0.4, 0.5) is 0 Å². The first-order valence-electron chi connectivity index (χ1n) is 5.10. The molecule has 0 spiro atoms. The summed E-state index contributed by atoms with van der Waals surface area (Å²) in [6.45, 7) is 2.10. The van der Waals surface area contributed by atoms with Gasteiger partial charge in [0.1, 0.15) is 0 Å². The normalized spacial score (nSPS) is 10.4. The minimum atomic E-state index is 0.629. The fourth-order valence-corrected chi connectivity index (χ4v) is 2.03. The quantitative estimate of drug-likeness (QED) is 0.760. The molecule has 0 bridgehead atoms. The van der Waals surface area contributed by atoms with Gasteiger partial charge in [-0.25, -0.2) is 0 Å². The van der Waals surface area contributed by atoms with Crippen LogP contribution in [-0.4, -0.2) is 4.98 Å². The van der Waals surface area contributed by atoms with Crippen molar-refractivity contribution in [2.75, 3.05) is 0 Å². The van der Waals surface area contributed by atoms with E-state index in [0.717, 1.165) is 17.7 Å². The summed E-state index contributed by atoms with van der Waals surface area (Å²) in [5.74, 6) is 0. The van der Waals surface area contributed by atoms with Crippen molar-refractivity contribution in [3.05, 3.63) is 52.1 Å². The first-order chi connectivity index (χ1) is 7.69. The van der Waals surface area contributed by atoms with E-state index in [2.05, 4.69) is 18.0 Å². The number of pyridine rings is 1. The maximum absolute atomic E-state index is 5.95. The van der Waals surface area contributed by atoms with Gasteiger partial charge >= 0.3 is 0 Å². The van der Waals surface area contributed by atoms with E-state index in [4.69, 9.17) is 23.2 Å². The van der Waals surface area contributed by atoms with Crippen molar-refractivity contribution in [3.63, 3.8) is 0 Å². The van der Waals surface area contributed by atoms with E-state index in [1.807, 2.05) is 24.4 Å². The number of benzene rings is 1. The molecule has 0 N–H and O–H groups in total. The van der Waals surface area contributed by atoms with Crippen molar-refractivity contribution in [2.24, 2.45) is 0 Å². The lowest BCUT2D eigenvalue weighted by atomic mass is 10.1. The Bertz CT molecular complexity index is 472. The van der Waals surface area contributed by atoms with Crippen LogP contribution in [0.25, 0.3) is 11.3 Å². The average Bonchev–Trinajstić information content (AvgIpc) is 2.28. The maximum Gasteiger partial charge on any atom is 0.0703 e. The van der Waals surface area contributed by atoms with Gasteiger partial charge in [-0.1, -0.05) is 36.2 Å². The molecule has 0 aliphatic heterocycles. The summed E-state index contributed by atoms with van der Waals surface area (Å²) in [6, 6.07) is 9.49. The zero-order valence-electron chi connectivity index (χ0n) is 8.87. The third-order valence-electron chi connectivity index (χ3n) is 2.39. The van der Waals surface area contributed by atoms with Crippen molar-refractivity contribution in [3.8, 4) is 11.3 Å². The fraction of sp³-hybridized carbons (Fsp3) is 0.154. The van der Waals surface area contributed by atoms with Gasteiger partial charge in [0, 0.05) is 21.8 Å². The van der Waals surface area contributed by atoms with Crippen molar-refractivity contribution in [1.82, 2.24) is 4.98 Å². The van der Waals surface area contributed by atoms with Crippen LogP contribution in [0.5, 0.6) is 0 Å². The van der Waals surface area contributed by atoms with Crippen LogP contribution in [0.2, 0.25) is 10.0 Å². The third kappa shape index (κ3) is 2.55. The molecule has 0 atom stereocenters. The standard InChI is InChI=1S/C13H11Cl2N/c1-2-9-3-4-13(16-8-9)10-5-11(14)7-12(15)6-10/h3-8H,2H2,1H3. The second-order valence-electron chi connectivity index (χ2n) is 3.56. The Kier molecular flexibility index (Phi) is 3.47. The van der Waals surface area contributed by atoms with Crippen LogP contribution >= 0.6 is 23.2 Å². The second-order valence-corrected chi connectivity index (χ2v) is 4.44. The molecule has 0 aliphatic carbocycles. The Labute approximate surface area is 105 Å². The highest BCUT2D eigenvalue weighted by atomic mass is 35.5. The molecule has 82 valence electrons. The van der Waals surface area contributed by atoms with Gasteiger partial charge in [-0.2, -0.15) is 0 Å². The topological polar surface area (TPSA) is 12.9 Å². The number of hydrogen-bond donors (Lipinski definition) is 0. The van der Waals surface area contributed by atoms with E-state index >= 15 is 0 Å². The monoisotopic (exact) mass is 251 g/mol. The van der Waals surface area contributed by atoms with Gasteiger partial charge in [-0.05, 0) is 36.2 Å². The van der Waals surface area contributed by atoms with Crippen LogP contribution in [0, 0.1) is 0 Å². The van der Waals surface area contributed by atoms with E-state index in [9.17, 15) is 0 Å². The summed E-state index contributed by atoms with van der Waals surface area (Å²) in [6.07, 6.45) is 2.87. The lowest BCUT2D eigenvalue weighted by Gasteiger charge is -2.03. The van der Waals surface area contributed by atoms with Crippen LogP contribution < -0.4 is 0 Å². The Morgan fingerprint density at radius 3 is 2.25 bits per heavy atom. The fourth-order valence-electron chi connectivity index (χ4n) is 1.51. The molecule has 2 aromatic rings. The van der Waals surface area contributed by atoms with Gasteiger partial charge in [0.05, 0.1) is 5.69 Å². The number of halogens is 2. The molecule has 3 heteroatoms. The van der Waals surface area contributed by atoms with E-state index in [1.165, 1.54) is 5.56 Å². The number of hydrogen-bond acceptors (Lipinski definition) is 1. The number of aromatic nitrogens is 1. The SMILES string of the molecule is CCc1ccc(-c2cc(Cl)cc(Cl)c2)nc1. The zero-order valence-corrected chi connectivity index (χ0v) is 10.4. The minimum absolute atomic E-state index is 0.629. The molecule has 1 aromatic carbocycles. The molecule has 0 saturated carbocycles. The lowest BCUT2D eigenvalue weighted by molar-refractivity contribution is 1.11. The molecule has 1 aromatic heterocycles. The van der Waals surface area contributed by atoms with Crippen LogP contribution in [-0.2, 0) is 6.42 Å². The maximum atomic E-state index is 5.95. The summed E-state index contributed by atoms with van der Waals surface area (Å²) >= 11 is 11.9. The summed E-state index contributed by atoms with van der Waals surface area (Å²) < 4.78 is 0. The van der Waals surface area contributed by atoms with Crippen LogP contribution in [0.1, 0.15) is 12.5 Å². The Morgan fingerprint density at radius 1 is 1.06 bits per heavy atom. The molecule has 0 radical (unpaired) electrons. The predicted octanol–water partition coefficient (Wildman–Crippen LogP) is 4.62. The highest BCUT2D eigenvalue weighted by molar-refractivity contribution is 6.35. The molecule has 2 rings (SSSR count). The number of aryl methyl sites for hydroxylation is 1. The summed E-state index contributed by atoms with van der Waals surface area (Å²) in [4.78, 5) is 4.38. The molecule has 16 heavy (non-hydrogen) atoms. The van der Waals surface area contributed by atoms with Gasteiger partial charge in [-0.15, -0.1) is 0 Å². The van der Waals surface area contributed by atoms with Crippen LogP contribution in [0.15, 0.2) is 36.5 Å². The number of nitrogens with zero attached hydrogens (tertiary/aromatic N) is 1. The van der Waals surface area contributed by atoms with Gasteiger partial charge in [0.25, 0.3) is 0 Å². The molecule has 0 saturated heterocycles. The van der Waals surface area contributed by atoms with Crippen molar-refractivity contribution >= 4 is 23.2 Å². The van der Waals surface area contributed by atoms with Gasteiger partial charge in [-0.3, -0.25) is 4.98 Å². The molecular formula is C13H11Cl2N. The minimum Gasteiger partial charge on any atom is -0.256 e. The Morgan fingerprint density at radius 2 is 1.75 bits per heavy atom. The lowest BCUT2D eigenvalue weighted by Crippen LogP contribution is -1.86. The predicted molar refractivity (Wildman–Crippen MR) is 69.1 cm³/mol. The molecule has 0 amide bonds. The zero-order chi connectivity index (χ0) is 11.5. The molecule has 0 unspecified atom stereocenters. The largest absolute Gasteiger partial charge is 0.256 e. The summed E-state index contributed by atoms with van der Waals surface area (Å²) in [7, 11) is 0. The van der Waals surface area contributed by atoms with E-state index in [1.54, 1.807) is 6.07 Å². The van der Waals surface area contributed by atoms with Gasteiger partial charge < -0.3 is 0 Å². The molecule has 0 aliphatic rings. The van der Waals surface area contributed by atoms with Gasteiger partial charge in [0.15, 0.2) is 0 Å². The van der Waals surface area contributed by atoms with E-state index in [-0.39, 0.29) is 0 Å². The summed E-state index contributed by atoms with van der Waals surface area (Å²) in [5, 5.41) is 1.26. The average molecular weight is 252 g/mol. The molecule has 0 fully saturated rings. The molecular weight excluding hydrogens is 241 g/mol. The first kappa shape index (κ1) is 11.4. The molecule has 1 nitrogen and oxygen atoms in total. The van der Waals surface area contributed by atoms with Crippen molar-refractivity contribution < 1.29 is 0 Å². The second kappa shape index (κ2) is 4.86. The highest BCUT2D eigenvalue weighted by Crippen LogP contribution is 2.25. The van der Waals surface area contributed by atoms with E-state index < -0.39 is 0 Å². The smallest absolute Gasteiger partial charge is 0.0703 e. The van der Waals surface area contributed by atoms with Crippen molar-refractivity contribution in [1.29, 1.82) is 0 Å². The number of rotatable bonds is 2. The highest BCUT2D eigenvalue weighted by Gasteiger charge is 2.02. The van der Waals surface area contributed by atoms with Crippen LogP contribution in [0.3, 0.4) is 0 Å². The third-order valence-corrected chi connectivity index (χ3v) is 2.83. The Hall–Kier alpha value is -1.05. The van der Waals surface area contributed by atoms with Gasteiger partial charge in [0.2, 0.25) is 0 Å². The van der Waals surface area contributed by atoms with E-state index in [0.29, 0.717) is 10.0 Å². The Balaban J connectivity index is 2.42. The molecule has 1 heterocycles. The van der Waals surface area contributed by atoms with Crippen molar-refractivity contribution in [2.45, 2.75) is 13.3 Å². The first-order valence-corrected chi connectivity index (χ1v) is 5.86. The summed E-state index contributed by atoms with van der Waals surface area (Å²) in [5.41, 5.74) is 3.05.